The topological polar surface area (TPSA) is 35.5 Å². The van der Waals surface area contributed by atoms with E-state index < -0.39 is 0 Å². The molecule has 112 valence electrons. The second kappa shape index (κ2) is 6.33. The minimum atomic E-state index is -0.247. The molecule has 0 amide bonds. The highest BCUT2D eigenvalue weighted by atomic mass is 35.5. The highest BCUT2D eigenvalue weighted by Crippen LogP contribution is 2.32. The van der Waals surface area contributed by atoms with Gasteiger partial charge < -0.3 is 15.3 Å². The van der Waals surface area contributed by atoms with Crippen LogP contribution in [0.25, 0.3) is 0 Å². The summed E-state index contributed by atoms with van der Waals surface area (Å²) in [6, 6.07) is 6.03. The maximum Gasteiger partial charge on any atom is 0.0715 e. The van der Waals surface area contributed by atoms with E-state index in [0.717, 1.165) is 36.6 Å². The molecule has 1 unspecified atom stereocenters. The van der Waals surface area contributed by atoms with Crippen molar-refractivity contribution in [2.45, 2.75) is 51.8 Å². The number of aliphatic hydroxyl groups is 1. The number of piperidine rings is 1. The van der Waals surface area contributed by atoms with Gasteiger partial charge in [0.15, 0.2) is 0 Å². The molecule has 0 radical (unpaired) electrons. The van der Waals surface area contributed by atoms with Gasteiger partial charge in [0, 0.05) is 25.2 Å². The third-order valence-electron chi connectivity index (χ3n) is 3.59. The van der Waals surface area contributed by atoms with E-state index in [2.05, 4.69) is 37.1 Å². The molecule has 2 N–H and O–H groups in total. The monoisotopic (exact) mass is 296 g/mol. The summed E-state index contributed by atoms with van der Waals surface area (Å²) in [6.07, 6.45) is 1.65. The van der Waals surface area contributed by atoms with Crippen LogP contribution in [0.1, 0.15) is 39.2 Å². The molecule has 2 rings (SSSR count). The first-order valence-electron chi connectivity index (χ1n) is 7.32. The zero-order valence-corrected chi connectivity index (χ0v) is 13.4. The van der Waals surface area contributed by atoms with E-state index in [4.69, 9.17) is 11.6 Å². The van der Waals surface area contributed by atoms with Gasteiger partial charge in [0.25, 0.3) is 0 Å². The molecule has 1 aromatic carbocycles. The maximum absolute atomic E-state index is 9.88. The van der Waals surface area contributed by atoms with Crippen LogP contribution in [0.15, 0.2) is 18.2 Å². The maximum atomic E-state index is 9.88. The van der Waals surface area contributed by atoms with E-state index in [0.29, 0.717) is 6.54 Å². The first-order chi connectivity index (χ1) is 9.37. The third-order valence-corrected chi connectivity index (χ3v) is 3.90. The fourth-order valence-corrected chi connectivity index (χ4v) is 2.89. The Kier molecular flexibility index (Phi) is 4.95. The normalized spacial score (nSPS) is 20.2. The number of β-amino-alcohol motifs (C(OH)–C–C–N with tert-alkyl or cyclic N) is 1. The molecule has 0 aromatic heterocycles. The number of para-hydroxylation sites is 1. The van der Waals surface area contributed by atoms with Crippen LogP contribution >= 0.6 is 11.6 Å². The van der Waals surface area contributed by atoms with Gasteiger partial charge in [-0.2, -0.15) is 0 Å². The van der Waals surface area contributed by atoms with Gasteiger partial charge in [-0.25, -0.2) is 0 Å². The van der Waals surface area contributed by atoms with Crippen LogP contribution in [0.3, 0.4) is 0 Å². The van der Waals surface area contributed by atoms with Gasteiger partial charge in [-0.3, -0.25) is 0 Å². The second-order valence-corrected chi connectivity index (χ2v) is 7.00. The Bertz CT molecular complexity index is 456. The molecule has 1 heterocycles. The number of aliphatic hydroxyl groups excluding tert-OH is 1. The van der Waals surface area contributed by atoms with Crippen molar-refractivity contribution in [1.29, 1.82) is 0 Å². The van der Waals surface area contributed by atoms with Gasteiger partial charge >= 0.3 is 0 Å². The molecule has 1 aliphatic rings. The number of benzene rings is 1. The van der Waals surface area contributed by atoms with E-state index in [1.807, 2.05) is 12.1 Å². The Labute approximate surface area is 126 Å². The van der Waals surface area contributed by atoms with Crippen LogP contribution in [0.2, 0.25) is 5.02 Å². The number of rotatable bonds is 3. The van der Waals surface area contributed by atoms with Gasteiger partial charge in [0.1, 0.15) is 0 Å². The number of hydrogen-bond donors (Lipinski definition) is 2. The van der Waals surface area contributed by atoms with Crippen molar-refractivity contribution >= 4 is 17.3 Å². The van der Waals surface area contributed by atoms with Crippen molar-refractivity contribution in [2.24, 2.45) is 0 Å². The van der Waals surface area contributed by atoms with Gasteiger partial charge in [0.2, 0.25) is 0 Å². The van der Waals surface area contributed by atoms with E-state index in [1.54, 1.807) is 0 Å². The number of nitrogens with zero attached hydrogens (tertiary/aromatic N) is 1. The quantitative estimate of drug-likeness (QED) is 0.899. The molecule has 20 heavy (non-hydrogen) atoms. The molecular weight excluding hydrogens is 272 g/mol. The molecule has 0 aliphatic carbocycles. The van der Waals surface area contributed by atoms with Crippen molar-refractivity contribution in [3.63, 3.8) is 0 Å². The molecule has 1 fully saturated rings. The van der Waals surface area contributed by atoms with E-state index in [1.165, 1.54) is 5.56 Å². The van der Waals surface area contributed by atoms with Gasteiger partial charge in [-0.1, -0.05) is 23.7 Å². The predicted octanol–water partition coefficient (Wildman–Crippen LogP) is 3.19. The SMILES string of the molecule is CC(C)(C)NCc1cccc(Cl)c1N1CCCC(O)C1. The highest BCUT2D eigenvalue weighted by Gasteiger charge is 2.22. The minimum Gasteiger partial charge on any atom is -0.391 e. The van der Waals surface area contributed by atoms with Crippen molar-refractivity contribution in [3.05, 3.63) is 28.8 Å². The Hall–Kier alpha value is -0.770. The molecule has 1 aliphatic heterocycles. The molecular formula is C16H25ClN2O. The smallest absolute Gasteiger partial charge is 0.0715 e. The molecule has 1 saturated heterocycles. The van der Waals surface area contributed by atoms with Crippen molar-refractivity contribution in [3.8, 4) is 0 Å². The molecule has 4 heteroatoms. The van der Waals surface area contributed by atoms with Crippen LogP contribution in [-0.4, -0.2) is 29.8 Å². The van der Waals surface area contributed by atoms with Crippen LogP contribution < -0.4 is 10.2 Å². The van der Waals surface area contributed by atoms with E-state index in [-0.39, 0.29) is 11.6 Å². The molecule has 3 nitrogen and oxygen atoms in total. The first kappa shape index (κ1) is 15.6. The van der Waals surface area contributed by atoms with Gasteiger partial charge in [-0.15, -0.1) is 0 Å². The standard InChI is InChI=1S/C16H25ClN2O/c1-16(2,3)18-10-12-6-4-8-14(17)15(12)19-9-5-7-13(20)11-19/h4,6,8,13,18,20H,5,7,9-11H2,1-3H3. The fraction of sp³-hybridized carbons (Fsp3) is 0.625. The largest absolute Gasteiger partial charge is 0.391 e. The highest BCUT2D eigenvalue weighted by molar-refractivity contribution is 6.33. The Morgan fingerprint density at radius 1 is 1.40 bits per heavy atom. The molecule has 1 atom stereocenters. The number of nitrogens with one attached hydrogen (secondary N) is 1. The lowest BCUT2D eigenvalue weighted by Crippen LogP contribution is -2.40. The summed E-state index contributed by atoms with van der Waals surface area (Å²) >= 11 is 6.41. The summed E-state index contributed by atoms with van der Waals surface area (Å²) in [6.45, 7) is 8.88. The van der Waals surface area contributed by atoms with Crippen molar-refractivity contribution in [2.75, 3.05) is 18.0 Å². The van der Waals surface area contributed by atoms with Crippen LogP contribution in [-0.2, 0) is 6.54 Å². The molecule has 0 spiro atoms. The Morgan fingerprint density at radius 3 is 2.80 bits per heavy atom. The summed E-state index contributed by atoms with van der Waals surface area (Å²) < 4.78 is 0. The lowest BCUT2D eigenvalue weighted by molar-refractivity contribution is 0.154. The second-order valence-electron chi connectivity index (χ2n) is 6.59. The van der Waals surface area contributed by atoms with Crippen LogP contribution in [0, 0.1) is 0 Å². The lowest BCUT2D eigenvalue weighted by Gasteiger charge is -2.34. The summed E-state index contributed by atoms with van der Waals surface area (Å²) in [7, 11) is 0. The summed E-state index contributed by atoms with van der Waals surface area (Å²) in [5, 5.41) is 14.2. The molecule has 1 aromatic rings. The first-order valence-corrected chi connectivity index (χ1v) is 7.70. The Morgan fingerprint density at radius 2 is 2.15 bits per heavy atom. The Balaban J connectivity index is 2.21. The van der Waals surface area contributed by atoms with E-state index >= 15 is 0 Å². The summed E-state index contributed by atoms with van der Waals surface area (Å²) in [5.74, 6) is 0. The number of hydrogen-bond acceptors (Lipinski definition) is 3. The number of halogens is 1. The van der Waals surface area contributed by atoms with Crippen LogP contribution in [0.4, 0.5) is 5.69 Å². The van der Waals surface area contributed by atoms with Crippen molar-refractivity contribution in [1.82, 2.24) is 5.32 Å². The summed E-state index contributed by atoms with van der Waals surface area (Å²) in [5.41, 5.74) is 2.34. The van der Waals surface area contributed by atoms with Crippen LogP contribution in [0.5, 0.6) is 0 Å². The van der Waals surface area contributed by atoms with Gasteiger partial charge in [0.05, 0.1) is 16.8 Å². The van der Waals surface area contributed by atoms with Gasteiger partial charge in [-0.05, 0) is 45.2 Å². The lowest BCUT2D eigenvalue weighted by atomic mass is 10.0. The fourth-order valence-electron chi connectivity index (χ4n) is 2.58. The zero-order valence-electron chi connectivity index (χ0n) is 12.6. The zero-order chi connectivity index (χ0) is 14.8. The predicted molar refractivity (Wildman–Crippen MR) is 85.5 cm³/mol. The van der Waals surface area contributed by atoms with E-state index in [9.17, 15) is 5.11 Å². The van der Waals surface area contributed by atoms with Crippen molar-refractivity contribution < 1.29 is 5.11 Å². The summed E-state index contributed by atoms with van der Waals surface area (Å²) in [4.78, 5) is 2.22. The molecule has 0 bridgehead atoms. The average Bonchev–Trinajstić information content (AvgIpc) is 2.35. The minimum absolute atomic E-state index is 0.0704. The number of anilines is 1. The average molecular weight is 297 g/mol. The molecule has 0 saturated carbocycles. The third kappa shape index (κ3) is 4.11.